The second-order valence-electron chi connectivity index (χ2n) is 8.49. The summed E-state index contributed by atoms with van der Waals surface area (Å²) in [5, 5.41) is 29.7. The van der Waals surface area contributed by atoms with Gasteiger partial charge in [-0.2, -0.15) is 0 Å². The lowest BCUT2D eigenvalue weighted by Crippen LogP contribution is -2.20. The number of fused-ring (bicyclic) bond motifs is 1. The molecule has 2 aliphatic rings. The number of allylic oxidation sites excluding steroid dienone is 2. The number of aliphatic hydroxyl groups excluding tert-OH is 2. The second kappa shape index (κ2) is 10.2. The second-order valence-corrected chi connectivity index (χ2v) is 8.49. The van der Waals surface area contributed by atoms with Crippen molar-refractivity contribution in [3.8, 4) is 0 Å². The van der Waals surface area contributed by atoms with E-state index < -0.39 is 12.1 Å². The maximum Gasteiger partial charge on any atom is 0.330 e. The number of unbranched alkanes of at least 4 members (excludes halogenated alkanes) is 1. The van der Waals surface area contributed by atoms with Gasteiger partial charge >= 0.3 is 5.97 Å². The van der Waals surface area contributed by atoms with E-state index in [1.807, 2.05) is 12.2 Å². The van der Waals surface area contributed by atoms with Crippen LogP contribution in [0, 0.1) is 23.7 Å². The quantitative estimate of drug-likeness (QED) is 0.367. The van der Waals surface area contributed by atoms with E-state index in [2.05, 4.69) is 26.5 Å². The highest BCUT2D eigenvalue weighted by Gasteiger charge is 2.43. The van der Waals surface area contributed by atoms with Crippen molar-refractivity contribution in [1.29, 1.82) is 0 Å². The maximum atomic E-state index is 10.8. The molecule has 0 aromatic heterocycles. The molecule has 0 aromatic rings. The summed E-state index contributed by atoms with van der Waals surface area (Å²) < 4.78 is 0. The molecule has 152 valence electrons. The Kier molecular flexibility index (Phi) is 8.30. The van der Waals surface area contributed by atoms with Gasteiger partial charge in [-0.1, -0.05) is 57.1 Å². The number of carboxylic acids is 1. The van der Waals surface area contributed by atoms with Crippen molar-refractivity contribution >= 4 is 5.97 Å². The van der Waals surface area contributed by atoms with Gasteiger partial charge in [0.2, 0.25) is 0 Å². The molecule has 2 aliphatic carbocycles. The van der Waals surface area contributed by atoms with Gasteiger partial charge in [-0.3, -0.25) is 0 Å². The molecule has 27 heavy (non-hydrogen) atoms. The molecule has 0 bridgehead atoms. The van der Waals surface area contributed by atoms with E-state index in [0.29, 0.717) is 18.3 Å². The van der Waals surface area contributed by atoms with Gasteiger partial charge in [0.05, 0.1) is 12.2 Å². The minimum atomic E-state index is -0.910. The van der Waals surface area contributed by atoms with Crippen molar-refractivity contribution in [1.82, 2.24) is 0 Å². The summed E-state index contributed by atoms with van der Waals surface area (Å²) in [6.07, 6.45) is 12.7. The molecule has 0 aliphatic heterocycles. The van der Waals surface area contributed by atoms with Crippen LogP contribution in [0.4, 0.5) is 0 Å². The van der Waals surface area contributed by atoms with Gasteiger partial charge in [0, 0.05) is 11.5 Å². The molecule has 4 heteroatoms. The zero-order valence-corrected chi connectivity index (χ0v) is 16.8. The molecule has 0 radical (unpaired) electrons. The molecule has 0 aromatic carbocycles. The minimum Gasteiger partial charge on any atom is -0.478 e. The Morgan fingerprint density at radius 3 is 2.81 bits per heavy atom. The molecule has 6 atom stereocenters. The molecule has 3 N–H and O–H groups in total. The van der Waals surface area contributed by atoms with Crippen LogP contribution in [0.15, 0.2) is 36.0 Å². The largest absolute Gasteiger partial charge is 0.478 e. The average Bonchev–Trinajstić information content (AvgIpc) is 3.13. The Labute approximate surface area is 163 Å². The number of hydrogen-bond donors (Lipinski definition) is 3. The molecule has 1 fully saturated rings. The van der Waals surface area contributed by atoms with E-state index in [9.17, 15) is 15.0 Å². The topological polar surface area (TPSA) is 77.8 Å². The average molecular weight is 377 g/mol. The predicted molar refractivity (Wildman–Crippen MR) is 108 cm³/mol. The fraction of sp³-hybridized carbons (Fsp3) is 0.696. The SMILES string of the molecule is C=C(CCCC1=CC2CC(O)C(C=CC(O)C(C)CCCC)C2C1)C(=O)O. The third-order valence-electron chi connectivity index (χ3n) is 6.36. The molecule has 0 saturated heterocycles. The van der Waals surface area contributed by atoms with Crippen molar-refractivity contribution in [3.05, 3.63) is 36.0 Å². The smallest absolute Gasteiger partial charge is 0.330 e. The Bertz CT molecular complexity index is 577. The van der Waals surface area contributed by atoms with E-state index in [-0.39, 0.29) is 23.5 Å². The highest BCUT2D eigenvalue weighted by atomic mass is 16.4. The van der Waals surface area contributed by atoms with Crippen LogP contribution in [-0.2, 0) is 4.79 Å². The minimum absolute atomic E-state index is 0.103. The summed E-state index contributed by atoms with van der Waals surface area (Å²) in [5.74, 6) is 0.252. The van der Waals surface area contributed by atoms with Gasteiger partial charge in [0.15, 0.2) is 0 Å². The Morgan fingerprint density at radius 2 is 2.15 bits per heavy atom. The first kappa shape index (κ1) is 21.9. The zero-order valence-electron chi connectivity index (χ0n) is 16.8. The van der Waals surface area contributed by atoms with E-state index >= 15 is 0 Å². The number of hydrogen-bond acceptors (Lipinski definition) is 3. The van der Waals surface area contributed by atoms with Crippen LogP contribution in [0.5, 0.6) is 0 Å². The molecule has 6 unspecified atom stereocenters. The van der Waals surface area contributed by atoms with Gasteiger partial charge in [0.25, 0.3) is 0 Å². The lowest BCUT2D eigenvalue weighted by molar-refractivity contribution is -0.132. The monoisotopic (exact) mass is 376 g/mol. The summed E-state index contributed by atoms with van der Waals surface area (Å²) in [6, 6.07) is 0. The Balaban J connectivity index is 1.85. The molecule has 4 nitrogen and oxygen atoms in total. The van der Waals surface area contributed by atoms with Gasteiger partial charge in [-0.05, 0) is 56.3 Å². The fourth-order valence-corrected chi connectivity index (χ4v) is 4.56. The maximum absolute atomic E-state index is 10.8. The van der Waals surface area contributed by atoms with Crippen LogP contribution < -0.4 is 0 Å². The van der Waals surface area contributed by atoms with E-state index in [1.54, 1.807) is 0 Å². The lowest BCUT2D eigenvalue weighted by atomic mass is 9.87. The first-order chi connectivity index (χ1) is 12.8. The van der Waals surface area contributed by atoms with Crippen molar-refractivity contribution in [2.24, 2.45) is 23.7 Å². The summed E-state index contributed by atoms with van der Waals surface area (Å²) >= 11 is 0. The zero-order chi connectivity index (χ0) is 20.0. The normalized spacial score (nSPS) is 29.6. The van der Waals surface area contributed by atoms with Crippen molar-refractivity contribution < 1.29 is 20.1 Å². The van der Waals surface area contributed by atoms with Crippen LogP contribution in [0.25, 0.3) is 0 Å². The summed E-state index contributed by atoms with van der Waals surface area (Å²) in [5.41, 5.74) is 1.65. The number of aliphatic carboxylic acids is 1. The summed E-state index contributed by atoms with van der Waals surface area (Å²) in [4.78, 5) is 10.8. The third kappa shape index (κ3) is 6.05. The first-order valence-electron chi connectivity index (χ1n) is 10.5. The molecule has 2 rings (SSSR count). The standard InChI is InChI=1S/C23H36O4/c1-4-5-7-15(2)21(24)11-10-19-20-13-17(12-18(20)14-22(19)25)9-6-8-16(3)23(26)27/h10-12,15,18-22,24-25H,3-9,13-14H2,1-2H3,(H,26,27). The van der Waals surface area contributed by atoms with Crippen molar-refractivity contribution in [3.63, 3.8) is 0 Å². The van der Waals surface area contributed by atoms with Crippen molar-refractivity contribution in [2.75, 3.05) is 0 Å². The molecular formula is C23H36O4. The van der Waals surface area contributed by atoms with Gasteiger partial charge in [-0.25, -0.2) is 4.79 Å². The molecule has 0 spiro atoms. The number of rotatable bonds is 11. The third-order valence-corrected chi connectivity index (χ3v) is 6.36. The molecular weight excluding hydrogens is 340 g/mol. The molecule has 1 saturated carbocycles. The number of carbonyl (C=O) groups is 1. The van der Waals surface area contributed by atoms with E-state index in [4.69, 9.17) is 5.11 Å². The van der Waals surface area contributed by atoms with Gasteiger partial charge in [0.1, 0.15) is 0 Å². The summed E-state index contributed by atoms with van der Waals surface area (Å²) in [6.45, 7) is 7.83. The van der Waals surface area contributed by atoms with E-state index in [1.165, 1.54) is 5.57 Å². The van der Waals surface area contributed by atoms with Crippen LogP contribution >= 0.6 is 0 Å². The first-order valence-corrected chi connectivity index (χ1v) is 10.5. The predicted octanol–water partition coefficient (Wildman–Crippen LogP) is 4.48. The van der Waals surface area contributed by atoms with Crippen molar-refractivity contribution in [2.45, 2.75) is 77.4 Å². The van der Waals surface area contributed by atoms with Gasteiger partial charge in [-0.15, -0.1) is 0 Å². The number of carboxylic acid groups (broad SMARTS) is 1. The van der Waals surface area contributed by atoms with Gasteiger partial charge < -0.3 is 15.3 Å². The highest BCUT2D eigenvalue weighted by Crippen LogP contribution is 2.48. The lowest BCUT2D eigenvalue weighted by Gasteiger charge is -2.20. The molecule has 0 heterocycles. The van der Waals surface area contributed by atoms with Crippen LogP contribution in [0.3, 0.4) is 0 Å². The van der Waals surface area contributed by atoms with Crippen LogP contribution in [0.2, 0.25) is 0 Å². The molecule has 0 amide bonds. The summed E-state index contributed by atoms with van der Waals surface area (Å²) in [7, 11) is 0. The Hall–Kier alpha value is -1.39. The fourth-order valence-electron chi connectivity index (χ4n) is 4.56. The van der Waals surface area contributed by atoms with Crippen LogP contribution in [-0.4, -0.2) is 33.5 Å². The van der Waals surface area contributed by atoms with E-state index in [0.717, 1.165) is 44.9 Å². The highest BCUT2D eigenvalue weighted by molar-refractivity contribution is 5.85. The van der Waals surface area contributed by atoms with Crippen LogP contribution in [0.1, 0.15) is 65.2 Å². The Morgan fingerprint density at radius 1 is 1.41 bits per heavy atom. The number of aliphatic hydroxyl groups is 2.